The van der Waals surface area contributed by atoms with Crippen molar-refractivity contribution in [2.75, 3.05) is 13.7 Å². The third kappa shape index (κ3) is 9.35. The van der Waals surface area contributed by atoms with E-state index in [1.807, 2.05) is 34.6 Å². The Morgan fingerprint density at radius 2 is 1.23 bits per heavy atom. The highest BCUT2D eigenvalue weighted by Gasteiger charge is 2.26. The van der Waals surface area contributed by atoms with Gasteiger partial charge in [-0.3, -0.25) is 4.57 Å². The minimum atomic E-state index is -3.07. The molecule has 0 saturated heterocycles. The van der Waals surface area contributed by atoms with Crippen molar-refractivity contribution in [1.82, 2.24) is 0 Å². The molecule has 154 valence electrons. The fraction of sp³-hybridized carbons (Fsp3) is 0.727. The smallest absolute Gasteiger partial charge is 0.312 e. The van der Waals surface area contributed by atoms with E-state index in [-0.39, 0.29) is 10.8 Å². The van der Waals surface area contributed by atoms with Crippen LogP contribution >= 0.6 is 7.60 Å². The average Bonchev–Trinajstić information content (AvgIpc) is 2.57. The summed E-state index contributed by atoms with van der Waals surface area (Å²) >= 11 is 0. The normalized spacial score (nSPS) is 13.7. The van der Waals surface area contributed by atoms with Gasteiger partial charge in [0.05, 0.1) is 12.8 Å². The molecule has 0 aliphatic rings. The third-order valence-corrected chi connectivity index (χ3v) is 5.67. The molecule has 0 bridgehead atoms. The van der Waals surface area contributed by atoms with Gasteiger partial charge in [-0.2, -0.15) is 0 Å². The van der Waals surface area contributed by atoms with Crippen LogP contribution in [0.3, 0.4) is 0 Å². The predicted octanol–water partition coefficient (Wildman–Crippen LogP) is 7.71. The van der Waals surface area contributed by atoms with Crippen LogP contribution in [0.4, 0.5) is 0 Å². The van der Waals surface area contributed by atoms with E-state index in [1.54, 1.807) is 0 Å². The molecule has 1 atom stereocenters. The molecule has 0 radical (unpaired) electrons. The molecule has 1 unspecified atom stereocenters. The fourth-order valence-corrected chi connectivity index (χ4v) is 3.58. The monoisotopic (exact) mass is 386 g/mol. The summed E-state index contributed by atoms with van der Waals surface area (Å²) in [6.07, 6.45) is 0.310. The predicted molar refractivity (Wildman–Crippen MR) is 116 cm³/mol. The zero-order valence-electron chi connectivity index (χ0n) is 19.3. The van der Waals surface area contributed by atoms with Gasteiger partial charge in [0.25, 0.3) is 0 Å². The Morgan fingerprint density at radius 3 is 1.50 bits per heavy atom. The van der Waals surface area contributed by atoms with Crippen LogP contribution in [-0.2, 0) is 30.6 Å². The molecule has 1 rings (SSSR count). The molecule has 0 aliphatic heterocycles. The minimum absolute atomic E-state index is 0.0404. The van der Waals surface area contributed by atoms with Gasteiger partial charge in [-0.25, -0.2) is 0 Å². The standard InChI is InChI=1S/C18H31O3P.2C2H6/c1-9-21-22(19,20-8)13-14-10-15(17(2,3)4)12-16(11-14)18(5,6)7;2*1-2/h10-12H,9,13H2,1-8H3;2*1-2H3. The van der Waals surface area contributed by atoms with Crippen LogP contribution in [0.25, 0.3) is 0 Å². The summed E-state index contributed by atoms with van der Waals surface area (Å²) in [5.74, 6) is 0. The van der Waals surface area contributed by atoms with Gasteiger partial charge in [0.1, 0.15) is 0 Å². The van der Waals surface area contributed by atoms with Gasteiger partial charge in [-0.05, 0) is 34.4 Å². The molecule has 0 heterocycles. The Morgan fingerprint density at radius 1 is 0.846 bits per heavy atom. The summed E-state index contributed by atoms with van der Waals surface area (Å²) in [6, 6.07) is 6.50. The van der Waals surface area contributed by atoms with E-state index in [0.717, 1.165) is 5.56 Å². The van der Waals surface area contributed by atoms with Gasteiger partial charge in [0.15, 0.2) is 0 Å². The average molecular weight is 387 g/mol. The zero-order chi connectivity index (χ0) is 21.2. The second-order valence-electron chi connectivity index (χ2n) is 7.79. The summed E-state index contributed by atoms with van der Waals surface area (Å²) < 4.78 is 23.2. The summed E-state index contributed by atoms with van der Waals surface area (Å²) in [4.78, 5) is 0. The van der Waals surface area contributed by atoms with Crippen LogP contribution in [0.5, 0.6) is 0 Å². The molecule has 1 aromatic rings. The Hall–Kier alpha value is -0.630. The van der Waals surface area contributed by atoms with Gasteiger partial charge < -0.3 is 9.05 Å². The van der Waals surface area contributed by atoms with Gasteiger partial charge in [0.2, 0.25) is 0 Å². The largest absolute Gasteiger partial charge is 0.334 e. The molecule has 3 nitrogen and oxygen atoms in total. The highest BCUT2D eigenvalue weighted by atomic mass is 31.2. The Kier molecular flexibility index (Phi) is 12.7. The first-order valence-electron chi connectivity index (χ1n) is 9.85. The second kappa shape index (κ2) is 12.0. The van der Waals surface area contributed by atoms with Crippen LogP contribution in [0.2, 0.25) is 0 Å². The Balaban J connectivity index is 0. The van der Waals surface area contributed by atoms with Crippen molar-refractivity contribution in [3.8, 4) is 0 Å². The first kappa shape index (κ1) is 27.6. The van der Waals surface area contributed by atoms with Crippen LogP contribution in [0.1, 0.15) is 92.9 Å². The van der Waals surface area contributed by atoms with Crippen LogP contribution < -0.4 is 0 Å². The molecular formula is C22H43O3P. The molecule has 0 saturated carbocycles. The topological polar surface area (TPSA) is 35.5 Å². The summed E-state index contributed by atoms with van der Waals surface area (Å²) in [5, 5.41) is 0. The van der Waals surface area contributed by atoms with E-state index < -0.39 is 7.60 Å². The van der Waals surface area contributed by atoms with Crippen molar-refractivity contribution in [2.45, 2.75) is 93.2 Å². The maximum absolute atomic E-state index is 12.6. The Bertz CT molecular complexity index is 519. The van der Waals surface area contributed by atoms with Crippen molar-refractivity contribution in [3.05, 3.63) is 34.9 Å². The Labute approximate surface area is 163 Å². The van der Waals surface area contributed by atoms with Crippen molar-refractivity contribution in [1.29, 1.82) is 0 Å². The molecule has 1 aromatic carbocycles. The minimum Gasteiger partial charge on any atom is -0.312 e. The fourth-order valence-electron chi connectivity index (χ4n) is 2.23. The van der Waals surface area contributed by atoms with E-state index >= 15 is 0 Å². The summed E-state index contributed by atoms with van der Waals surface area (Å²) in [6.45, 7) is 23.4. The highest BCUT2D eigenvalue weighted by Crippen LogP contribution is 2.51. The summed E-state index contributed by atoms with van der Waals surface area (Å²) in [5.41, 5.74) is 3.58. The first-order chi connectivity index (χ1) is 11.9. The SMILES string of the molecule is CC.CC.CCOP(=O)(Cc1cc(C(C)(C)C)cc(C(C)(C)C)c1)OC. The lowest BCUT2D eigenvalue weighted by atomic mass is 9.80. The van der Waals surface area contributed by atoms with Gasteiger partial charge in [0, 0.05) is 7.11 Å². The van der Waals surface area contributed by atoms with E-state index in [1.165, 1.54) is 18.2 Å². The van der Waals surface area contributed by atoms with E-state index in [9.17, 15) is 4.57 Å². The van der Waals surface area contributed by atoms with Crippen molar-refractivity contribution >= 4 is 7.60 Å². The van der Waals surface area contributed by atoms with E-state index in [0.29, 0.717) is 12.8 Å². The lowest BCUT2D eigenvalue weighted by molar-refractivity contribution is 0.243. The molecule has 26 heavy (non-hydrogen) atoms. The molecule has 0 spiro atoms. The van der Waals surface area contributed by atoms with E-state index in [4.69, 9.17) is 9.05 Å². The first-order valence-corrected chi connectivity index (χ1v) is 11.6. The molecular weight excluding hydrogens is 343 g/mol. The number of benzene rings is 1. The number of hydrogen-bond donors (Lipinski definition) is 0. The van der Waals surface area contributed by atoms with Crippen LogP contribution in [0, 0.1) is 0 Å². The van der Waals surface area contributed by atoms with Crippen molar-refractivity contribution in [2.24, 2.45) is 0 Å². The molecule has 0 N–H and O–H groups in total. The van der Waals surface area contributed by atoms with Crippen molar-refractivity contribution < 1.29 is 13.6 Å². The quantitative estimate of drug-likeness (QED) is 0.486. The van der Waals surface area contributed by atoms with Crippen LogP contribution in [-0.4, -0.2) is 13.7 Å². The van der Waals surface area contributed by atoms with Crippen molar-refractivity contribution in [3.63, 3.8) is 0 Å². The maximum atomic E-state index is 12.6. The molecule has 0 aliphatic carbocycles. The maximum Gasteiger partial charge on any atom is 0.334 e. The third-order valence-electron chi connectivity index (χ3n) is 3.71. The molecule has 0 amide bonds. The molecule has 0 aromatic heterocycles. The summed E-state index contributed by atoms with van der Waals surface area (Å²) in [7, 11) is -1.61. The molecule has 4 heteroatoms. The van der Waals surface area contributed by atoms with Gasteiger partial charge in [-0.1, -0.05) is 87.4 Å². The molecule has 0 fully saturated rings. The number of hydrogen-bond acceptors (Lipinski definition) is 3. The zero-order valence-corrected chi connectivity index (χ0v) is 20.2. The number of rotatable bonds is 5. The second-order valence-corrected chi connectivity index (χ2v) is 9.95. The van der Waals surface area contributed by atoms with E-state index in [2.05, 4.69) is 59.7 Å². The van der Waals surface area contributed by atoms with Gasteiger partial charge >= 0.3 is 7.60 Å². The van der Waals surface area contributed by atoms with Gasteiger partial charge in [-0.15, -0.1) is 0 Å². The highest BCUT2D eigenvalue weighted by molar-refractivity contribution is 7.53. The lowest BCUT2D eigenvalue weighted by Gasteiger charge is -2.27. The van der Waals surface area contributed by atoms with Crippen LogP contribution in [0.15, 0.2) is 18.2 Å². The lowest BCUT2D eigenvalue weighted by Crippen LogP contribution is -2.17.